The molecule has 0 bridgehead atoms. The molecule has 0 aromatic rings. The van der Waals surface area contributed by atoms with Gasteiger partial charge in [-0.05, 0) is 0 Å². The van der Waals surface area contributed by atoms with E-state index in [2.05, 4.69) is 0 Å². The zero-order valence-electron chi connectivity index (χ0n) is 11.3. The van der Waals surface area contributed by atoms with Gasteiger partial charge in [-0.25, -0.2) is 4.39 Å². The van der Waals surface area contributed by atoms with Crippen molar-refractivity contribution in [3.05, 3.63) is 11.9 Å². The van der Waals surface area contributed by atoms with E-state index in [1.807, 2.05) is 0 Å². The molecule has 0 N–H and O–H groups in total. The summed E-state index contributed by atoms with van der Waals surface area (Å²) in [4.78, 5) is 0. The fourth-order valence-corrected chi connectivity index (χ4v) is 1.38. The van der Waals surface area contributed by atoms with Gasteiger partial charge in [-0.2, -0.15) is 74.6 Å². The van der Waals surface area contributed by atoms with E-state index >= 15 is 0 Å². The minimum atomic E-state index is -8.78. The Balaban J connectivity index is 6.93. The van der Waals surface area contributed by atoms with Crippen molar-refractivity contribution >= 4 is 0 Å². The van der Waals surface area contributed by atoms with Crippen LogP contribution in [0.5, 0.6) is 0 Å². The molecule has 27 heavy (non-hydrogen) atoms. The second kappa shape index (κ2) is 6.25. The summed E-state index contributed by atoms with van der Waals surface area (Å²) in [7, 11) is 0. The monoisotopic (exact) mass is 450 g/mol. The molecule has 18 heteroatoms. The van der Waals surface area contributed by atoms with Gasteiger partial charge in [0.15, 0.2) is 0 Å². The molecule has 0 unspecified atom stereocenters. The van der Waals surface area contributed by atoms with Crippen molar-refractivity contribution in [1.82, 2.24) is 0 Å². The zero-order valence-corrected chi connectivity index (χ0v) is 11.3. The third kappa shape index (κ3) is 3.17. The van der Waals surface area contributed by atoms with Crippen molar-refractivity contribution in [3.63, 3.8) is 0 Å². The smallest absolute Gasteiger partial charge is 0.216 e. The molecule has 0 aliphatic carbocycles. The van der Waals surface area contributed by atoms with Crippen LogP contribution >= 0.6 is 0 Å². The number of hydrogen-bond donors (Lipinski definition) is 0. The minimum Gasteiger partial charge on any atom is -0.216 e. The molecular weight excluding hydrogens is 450 g/mol. The molecule has 0 aliphatic heterocycles. The Morgan fingerprint density at radius 3 is 0.926 bits per heavy atom. The Morgan fingerprint density at radius 1 is 0.407 bits per heavy atom. The average Bonchev–Trinajstić information content (AvgIpc) is 2.41. The molecule has 0 saturated carbocycles. The van der Waals surface area contributed by atoms with Gasteiger partial charge in [-0.1, -0.05) is 0 Å². The lowest BCUT2D eigenvalue weighted by atomic mass is 9.85. The first-order valence-electron chi connectivity index (χ1n) is 5.40. The quantitative estimate of drug-likeness (QED) is 0.424. The molecule has 0 atom stereocenters. The molecule has 0 fully saturated rings. The highest BCUT2D eigenvalue weighted by molar-refractivity contribution is 5.21. The second-order valence-corrected chi connectivity index (χ2v) is 4.53. The van der Waals surface area contributed by atoms with Gasteiger partial charge in [0, 0.05) is 0 Å². The van der Waals surface area contributed by atoms with Crippen molar-refractivity contribution in [1.29, 1.82) is 0 Å². The highest BCUT2D eigenvalue weighted by atomic mass is 19.4. The topological polar surface area (TPSA) is 0 Å². The highest BCUT2D eigenvalue weighted by Crippen LogP contribution is 2.64. The van der Waals surface area contributed by atoms with E-state index in [9.17, 15) is 79.0 Å². The van der Waals surface area contributed by atoms with Crippen molar-refractivity contribution in [2.45, 2.75) is 41.7 Å². The largest absolute Gasteiger partial charge is 0.438 e. The maximum atomic E-state index is 13.0. The van der Waals surface area contributed by atoms with Crippen LogP contribution in [0.2, 0.25) is 0 Å². The first-order chi connectivity index (χ1) is 11.4. The van der Waals surface area contributed by atoms with Crippen LogP contribution in [0.15, 0.2) is 11.9 Å². The standard InChI is InChI=1S/C9F18/c10-1(2(11)12)3(13,14)5(16,17)7(20,21)6(18,19)4(15,8(22,23)24)9(25,26)27. The number of allylic oxidation sites excluding steroid dienone is 1. The Bertz CT molecular complexity index is 569. The predicted molar refractivity (Wildman–Crippen MR) is 46.1 cm³/mol. The second-order valence-electron chi connectivity index (χ2n) is 4.53. The van der Waals surface area contributed by atoms with E-state index < -0.39 is 53.6 Å². The lowest BCUT2D eigenvalue weighted by Gasteiger charge is -2.42. The predicted octanol–water partition coefficient (Wildman–Crippen LogP) is 6.44. The average molecular weight is 450 g/mol. The van der Waals surface area contributed by atoms with Gasteiger partial charge in [-0.3, -0.25) is 0 Å². The van der Waals surface area contributed by atoms with Crippen LogP contribution in [0.3, 0.4) is 0 Å². The fourth-order valence-electron chi connectivity index (χ4n) is 1.38. The Morgan fingerprint density at radius 2 is 0.704 bits per heavy atom. The molecule has 0 aromatic carbocycles. The van der Waals surface area contributed by atoms with Crippen LogP contribution in [-0.2, 0) is 0 Å². The Labute approximate surface area is 134 Å². The lowest BCUT2D eigenvalue weighted by molar-refractivity contribution is -0.455. The summed E-state index contributed by atoms with van der Waals surface area (Å²) in [6.45, 7) is 0. The van der Waals surface area contributed by atoms with Crippen LogP contribution < -0.4 is 0 Å². The molecule has 0 heterocycles. The zero-order chi connectivity index (χ0) is 22.7. The number of rotatable bonds is 5. The first kappa shape index (κ1) is 25.5. The van der Waals surface area contributed by atoms with Crippen LogP contribution in [0.25, 0.3) is 0 Å². The van der Waals surface area contributed by atoms with Gasteiger partial charge in [-0.15, -0.1) is 0 Å². The molecule has 0 spiro atoms. The van der Waals surface area contributed by atoms with Crippen molar-refractivity contribution in [2.75, 3.05) is 0 Å². The van der Waals surface area contributed by atoms with Crippen molar-refractivity contribution < 1.29 is 79.0 Å². The van der Waals surface area contributed by atoms with Crippen molar-refractivity contribution in [3.8, 4) is 0 Å². The molecule has 0 rings (SSSR count). The summed E-state index contributed by atoms with van der Waals surface area (Å²) < 4.78 is 224. The van der Waals surface area contributed by atoms with Gasteiger partial charge in [0.2, 0.25) is 5.83 Å². The third-order valence-corrected chi connectivity index (χ3v) is 2.84. The normalized spacial score (nSPS) is 15.8. The summed E-state index contributed by atoms with van der Waals surface area (Å²) in [6, 6.07) is 0. The van der Waals surface area contributed by atoms with Crippen LogP contribution in [0.1, 0.15) is 0 Å². The maximum Gasteiger partial charge on any atom is 0.438 e. The SMILES string of the molecule is FC(F)=C(F)C(F)(F)C(F)(F)C(F)(F)C(F)(F)C(F)(C(F)(F)F)C(F)(F)F. The number of alkyl halides is 15. The minimum absolute atomic E-state index is 4.56. The Hall–Kier alpha value is -1.52. The Kier molecular flexibility index (Phi) is 5.90. The summed E-state index contributed by atoms with van der Waals surface area (Å²) in [5.74, 6) is -38.5. The van der Waals surface area contributed by atoms with Crippen LogP contribution in [0.4, 0.5) is 79.0 Å². The molecular formula is C9F18. The third-order valence-electron chi connectivity index (χ3n) is 2.84. The highest BCUT2D eigenvalue weighted by Gasteiger charge is 2.96. The summed E-state index contributed by atoms with van der Waals surface area (Å²) in [5, 5.41) is 0. The lowest BCUT2D eigenvalue weighted by Crippen LogP contribution is -2.75. The van der Waals surface area contributed by atoms with E-state index in [0.717, 1.165) is 0 Å². The first-order valence-corrected chi connectivity index (χ1v) is 5.40. The number of hydrogen-bond acceptors (Lipinski definition) is 0. The molecule has 162 valence electrons. The van der Waals surface area contributed by atoms with Crippen LogP contribution in [-0.4, -0.2) is 41.7 Å². The van der Waals surface area contributed by atoms with Gasteiger partial charge in [0.25, 0.3) is 0 Å². The van der Waals surface area contributed by atoms with E-state index in [1.54, 1.807) is 0 Å². The molecule has 0 saturated heterocycles. The summed E-state index contributed by atoms with van der Waals surface area (Å²) >= 11 is 0. The molecule has 0 aliphatic rings. The van der Waals surface area contributed by atoms with E-state index in [-0.39, 0.29) is 0 Å². The fraction of sp³-hybridized carbons (Fsp3) is 0.778. The molecule has 0 nitrogen and oxygen atoms in total. The molecule has 0 aromatic heterocycles. The number of halogens is 18. The van der Waals surface area contributed by atoms with Gasteiger partial charge < -0.3 is 0 Å². The summed E-state index contributed by atoms with van der Waals surface area (Å²) in [6.07, 6.45) is -20.9. The van der Waals surface area contributed by atoms with E-state index in [1.165, 1.54) is 0 Å². The van der Waals surface area contributed by atoms with E-state index in [4.69, 9.17) is 0 Å². The van der Waals surface area contributed by atoms with Gasteiger partial charge in [0.05, 0.1) is 0 Å². The van der Waals surface area contributed by atoms with Crippen LogP contribution in [0, 0.1) is 0 Å². The van der Waals surface area contributed by atoms with E-state index in [0.29, 0.717) is 0 Å². The molecule has 0 amide bonds. The molecule has 0 radical (unpaired) electrons. The maximum absolute atomic E-state index is 13.0. The van der Waals surface area contributed by atoms with Crippen molar-refractivity contribution in [2.24, 2.45) is 0 Å². The van der Waals surface area contributed by atoms with Gasteiger partial charge >= 0.3 is 47.8 Å². The summed E-state index contributed by atoms with van der Waals surface area (Å²) in [5.41, 5.74) is -8.57. The van der Waals surface area contributed by atoms with Gasteiger partial charge in [0.1, 0.15) is 0 Å².